The molecule has 2 N–H and O–H groups in total. The maximum absolute atomic E-state index is 12.1. The lowest BCUT2D eigenvalue weighted by atomic mass is 9.46. The summed E-state index contributed by atoms with van der Waals surface area (Å²) in [5.41, 5.74) is 5.55. The zero-order chi connectivity index (χ0) is 23.5. The molecule has 33 heavy (non-hydrogen) atoms. The fourth-order valence-corrected chi connectivity index (χ4v) is 4.46. The van der Waals surface area contributed by atoms with Gasteiger partial charge in [0.05, 0.1) is 61.1 Å². The highest BCUT2D eigenvalue weighted by Crippen LogP contribution is 2.42. The van der Waals surface area contributed by atoms with Gasteiger partial charge in [0.25, 0.3) is 5.91 Å². The van der Waals surface area contributed by atoms with Crippen LogP contribution in [0, 0.1) is 13.8 Å². The maximum atomic E-state index is 12.1. The number of carbonyl (C=O) groups excluding carboxylic acids is 1. The van der Waals surface area contributed by atoms with Gasteiger partial charge in [-0.2, -0.15) is 0 Å². The van der Waals surface area contributed by atoms with E-state index in [0.717, 1.165) is 11.3 Å². The number of aromatic nitrogens is 3. The Hall–Kier alpha value is -3.22. The van der Waals surface area contributed by atoms with Crippen molar-refractivity contribution < 1.29 is 4.79 Å². The fourth-order valence-electron chi connectivity index (χ4n) is 4.46. The predicted octanol–water partition coefficient (Wildman–Crippen LogP) is 0.976. The number of anilines is 3. The summed E-state index contributed by atoms with van der Waals surface area (Å²) in [6.45, 7) is 4.09. The van der Waals surface area contributed by atoms with E-state index < -0.39 is 10.7 Å². The van der Waals surface area contributed by atoms with Crippen molar-refractivity contribution in [3.63, 3.8) is 0 Å². The molecule has 0 bridgehead atoms. The molecule has 3 aromatic heterocycles. The van der Waals surface area contributed by atoms with Crippen LogP contribution in [0.1, 0.15) is 38.4 Å². The van der Waals surface area contributed by atoms with Crippen molar-refractivity contribution in [2.75, 3.05) is 10.2 Å². The molecule has 0 aliphatic carbocycles. The standard InChI is InChI=1S/C22H18B4N6O/c1-11-5-14-18(10-29-20(14)33)31-19(11)32-21(23,24)7-17-15(22(32,25)26)6-13(9-28-17)30-16-3-4-27-8-12(16)2/h3-6,8-9H,7,10H2,1-2H3,(H,27,30)(H,29,33). The van der Waals surface area contributed by atoms with Crippen LogP contribution in [0.25, 0.3) is 0 Å². The van der Waals surface area contributed by atoms with Crippen molar-refractivity contribution >= 4 is 54.5 Å². The van der Waals surface area contributed by atoms with Crippen molar-refractivity contribution in [2.45, 2.75) is 37.5 Å². The molecule has 2 aliphatic heterocycles. The highest BCUT2D eigenvalue weighted by molar-refractivity contribution is 6.48. The van der Waals surface area contributed by atoms with Gasteiger partial charge < -0.3 is 15.5 Å². The Morgan fingerprint density at radius 1 is 1.09 bits per heavy atom. The van der Waals surface area contributed by atoms with Gasteiger partial charge in [0.1, 0.15) is 5.82 Å². The molecular formula is C22H18B4N6O. The van der Waals surface area contributed by atoms with Crippen LogP contribution in [-0.2, 0) is 18.3 Å². The van der Waals surface area contributed by atoms with Crippen molar-refractivity contribution in [3.05, 3.63) is 70.4 Å². The minimum atomic E-state index is -1.61. The van der Waals surface area contributed by atoms with Crippen LogP contribution in [0.15, 0.2) is 36.8 Å². The number of amides is 1. The van der Waals surface area contributed by atoms with Gasteiger partial charge in [-0.05, 0) is 65.8 Å². The normalized spacial score (nSPS) is 17.8. The van der Waals surface area contributed by atoms with Gasteiger partial charge in [0.15, 0.2) is 0 Å². The third-order valence-corrected chi connectivity index (χ3v) is 6.08. The molecule has 0 atom stereocenters. The molecule has 7 nitrogen and oxygen atoms in total. The first-order valence-corrected chi connectivity index (χ1v) is 10.5. The number of nitrogens with one attached hydrogen (secondary N) is 2. The number of fused-ring (bicyclic) bond motifs is 2. The van der Waals surface area contributed by atoms with Crippen molar-refractivity contribution in [1.82, 2.24) is 20.3 Å². The molecular weight excluding hydrogens is 408 g/mol. The van der Waals surface area contributed by atoms with Gasteiger partial charge in [0, 0.05) is 23.8 Å². The molecule has 8 radical (unpaired) electrons. The van der Waals surface area contributed by atoms with Crippen molar-refractivity contribution in [3.8, 4) is 0 Å². The Morgan fingerprint density at radius 3 is 2.64 bits per heavy atom. The van der Waals surface area contributed by atoms with E-state index in [1.54, 1.807) is 24.7 Å². The van der Waals surface area contributed by atoms with E-state index in [9.17, 15) is 4.79 Å². The van der Waals surface area contributed by atoms with Crippen molar-refractivity contribution in [2.24, 2.45) is 0 Å². The lowest BCUT2D eigenvalue weighted by Gasteiger charge is -2.56. The Labute approximate surface area is 197 Å². The lowest BCUT2D eigenvalue weighted by molar-refractivity contribution is 0.0965. The van der Waals surface area contributed by atoms with Gasteiger partial charge in [-0.15, -0.1) is 0 Å². The molecule has 5 heterocycles. The van der Waals surface area contributed by atoms with E-state index >= 15 is 0 Å². The van der Waals surface area contributed by atoms with E-state index in [1.807, 2.05) is 26.0 Å². The third-order valence-electron chi connectivity index (χ3n) is 6.08. The van der Waals surface area contributed by atoms with Gasteiger partial charge in [-0.1, -0.05) is 0 Å². The molecule has 0 saturated carbocycles. The monoisotopic (exact) mass is 426 g/mol. The summed E-state index contributed by atoms with van der Waals surface area (Å²) in [7, 11) is 26.5. The Kier molecular flexibility index (Phi) is 4.85. The van der Waals surface area contributed by atoms with Crippen LogP contribution in [0.5, 0.6) is 0 Å². The van der Waals surface area contributed by atoms with Crippen LogP contribution in [0.4, 0.5) is 17.2 Å². The molecule has 0 aromatic carbocycles. The van der Waals surface area contributed by atoms with E-state index in [4.69, 9.17) is 31.4 Å². The first-order chi connectivity index (χ1) is 15.6. The Morgan fingerprint density at radius 2 is 1.88 bits per heavy atom. The largest absolute Gasteiger partial charge is 0.375 e. The van der Waals surface area contributed by atoms with Crippen LogP contribution >= 0.6 is 0 Å². The number of hydrogen-bond donors (Lipinski definition) is 2. The summed E-state index contributed by atoms with van der Waals surface area (Å²) in [5.74, 6) is 0.259. The lowest BCUT2D eigenvalue weighted by Crippen LogP contribution is -2.66. The Bertz CT molecular complexity index is 1300. The number of nitrogens with zero attached hydrogens (tertiary/aromatic N) is 4. The first kappa shape index (κ1) is 21.6. The number of rotatable bonds is 3. The second-order valence-electron chi connectivity index (χ2n) is 8.67. The molecule has 0 fully saturated rings. The molecule has 1 amide bonds. The zero-order valence-electron chi connectivity index (χ0n) is 18.4. The van der Waals surface area contributed by atoms with Gasteiger partial charge in [-0.3, -0.25) is 14.8 Å². The summed E-state index contributed by atoms with van der Waals surface area (Å²) in [6, 6.07) is 5.47. The summed E-state index contributed by atoms with van der Waals surface area (Å²) in [6.07, 6.45) is 5.36. The van der Waals surface area contributed by atoms with Crippen molar-refractivity contribution in [1.29, 1.82) is 0 Å². The highest BCUT2D eigenvalue weighted by Gasteiger charge is 2.45. The van der Waals surface area contributed by atoms with E-state index in [-0.39, 0.29) is 12.3 Å². The third kappa shape index (κ3) is 3.50. The maximum Gasteiger partial charge on any atom is 0.253 e. The van der Waals surface area contributed by atoms with Crippen LogP contribution in [0.3, 0.4) is 0 Å². The van der Waals surface area contributed by atoms with Gasteiger partial charge in [0.2, 0.25) is 0 Å². The van der Waals surface area contributed by atoms with Crippen LogP contribution < -0.4 is 15.5 Å². The molecule has 154 valence electrons. The zero-order valence-corrected chi connectivity index (χ0v) is 18.4. The second kappa shape index (κ2) is 7.40. The van der Waals surface area contributed by atoms with Gasteiger partial charge in [-0.25, -0.2) is 4.98 Å². The van der Waals surface area contributed by atoms with E-state index in [1.165, 1.54) is 4.90 Å². The van der Waals surface area contributed by atoms with Crippen LogP contribution in [-0.4, -0.2) is 57.6 Å². The SMILES string of the molecule is [B]C1([B])Cc2ncc(Nc3ccncc3C)cc2C([B])([B])N1c1nc2c(cc1C)C(=O)NC2. The Balaban J connectivity index is 1.60. The average Bonchev–Trinajstić information content (AvgIpc) is 3.09. The number of aryl methyl sites for hydroxylation is 2. The molecule has 0 saturated heterocycles. The molecule has 11 heteroatoms. The molecule has 0 unspecified atom stereocenters. The molecule has 5 rings (SSSR count). The fraction of sp³-hybridized carbons (Fsp3) is 0.273. The topological polar surface area (TPSA) is 83.0 Å². The second-order valence-corrected chi connectivity index (χ2v) is 8.67. The number of pyridine rings is 3. The molecule has 2 aliphatic rings. The quantitative estimate of drug-likeness (QED) is 0.609. The number of hydrogen-bond acceptors (Lipinski definition) is 6. The van der Waals surface area contributed by atoms with Gasteiger partial charge >= 0.3 is 0 Å². The summed E-state index contributed by atoms with van der Waals surface area (Å²) >= 11 is 0. The smallest absolute Gasteiger partial charge is 0.253 e. The van der Waals surface area contributed by atoms with E-state index in [2.05, 4.69) is 25.6 Å². The summed E-state index contributed by atoms with van der Waals surface area (Å²) < 4.78 is 0. The highest BCUT2D eigenvalue weighted by atomic mass is 16.1. The minimum Gasteiger partial charge on any atom is -0.375 e. The van der Waals surface area contributed by atoms with Crippen LogP contribution in [0.2, 0.25) is 0 Å². The first-order valence-electron chi connectivity index (χ1n) is 10.5. The van der Waals surface area contributed by atoms with E-state index in [0.29, 0.717) is 46.1 Å². The minimum absolute atomic E-state index is 0.166. The molecule has 0 spiro atoms. The summed E-state index contributed by atoms with van der Waals surface area (Å²) in [5, 5.41) is 3.03. The summed E-state index contributed by atoms with van der Waals surface area (Å²) in [4.78, 5) is 26.9. The predicted molar refractivity (Wildman–Crippen MR) is 130 cm³/mol. The average molecular weight is 426 g/mol. The molecule has 3 aromatic rings. The number of carbonyl (C=O) groups is 1.